The van der Waals surface area contributed by atoms with Crippen LogP contribution in [0.3, 0.4) is 0 Å². The SMILES string of the molecule is [C-]#[N+]c1cc(-c2cc(-c3ccc(C#N)cc3)nc(-c3ccc(C#N)cc3)n2)c(C#N)cc1-n1c2ccccc2c2cc(N(c3ccccc3)c3ccccc3)ccc21. The van der Waals surface area contributed by atoms with Crippen LogP contribution < -0.4 is 4.90 Å². The Bertz CT molecular complexity index is 3080. The quantitative estimate of drug-likeness (QED) is 0.150. The fourth-order valence-electron chi connectivity index (χ4n) is 7.38. The summed E-state index contributed by atoms with van der Waals surface area (Å²) < 4.78 is 2.06. The third-order valence-electron chi connectivity index (χ3n) is 10.1. The molecule has 0 unspecified atom stereocenters. The number of nitrogens with zero attached hydrogens (tertiary/aromatic N) is 8. The second-order valence-electron chi connectivity index (χ2n) is 13.5. The van der Waals surface area contributed by atoms with Crippen LogP contribution in [0.2, 0.25) is 0 Å². The van der Waals surface area contributed by atoms with Crippen LogP contribution in [-0.2, 0) is 0 Å². The number of benzene rings is 7. The van der Waals surface area contributed by atoms with Crippen LogP contribution in [0.4, 0.5) is 22.7 Å². The molecule has 2 heterocycles. The highest BCUT2D eigenvalue weighted by atomic mass is 15.1. The van der Waals surface area contributed by atoms with Crippen LogP contribution in [0.15, 0.2) is 170 Å². The second-order valence-corrected chi connectivity index (χ2v) is 13.5. The molecule has 0 aliphatic rings. The molecule has 0 aliphatic carbocycles. The first-order valence-electron chi connectivity index (χ1n) is 18.4. The summed E-state index contributed by atoms with van der Waals surface area (Å²) in [4.78, 5) is 16.0. The number of aromatic nitrogens is 3. The molecule has 0 aliphatic heterocycles. The molecule has 2 aromatic heterocycles. The predicted molar refractivity (Wildman–Crippen MR) is 228 cm³/mol. The van der Waals surface area contributed by atoms with Crippen molar-refractivity contribution in [2.75, 3.05) is 4.90 Å². The summed E-state index contributed by atoms with van der Waals surface area (Å²) in [6.45, 7) is 8.44. The Morgan fingerprint density at radius 1 is 0.517 bits per heavy atom. The molecule has 8 heteroatoms. The van der Waals surface area contributed by atoms with Gasteiger partial charge in [0.25, 0.3) is 0 Å². The number of nitriles is 3. The topological polar surface area (TPSA) is 110 Å². The third kappa shape index (κ3) is 6.22. The van der Waals surface area contributed by atoms with Gasteiger partial charge in [0.1, 0.15) is 0 Å². The summed E-state index contributed by atoms with van der Waals surface area (Å²) in [5.74, 6) is 0.386. The van der Waals surface area contributed by atoms with Gasteiger partial charge in [-0.25, -0.2) is 14.8 Å². The summed E-state index contributed by atoms with van der Waals surface area (Å²) in [5.41, 5.74) is 10.0. The summed E-state index contributed by atoms with van der Waals surface area (Å²) in [6, 6.07) is 61.0. The molecular formula is C50H28N8. The Balaban J connectivity index is 1.23. The van der Waals surface area contributed by atoms with Crippen molar-refractivity contribution in [2.45, 2.75) is 0 Å². The molecule has 7 aromatic carbocycles. The lowest BCUT2D eigenvalue weighted by Gasteiger charge is -2.25. The van der Waals surface area contributed by atoms with Crippen molar-refractivity contribution in [1.29, 1.82) is 15.8 Å². The van der Waals surface area contributed by atoms with Crippen LogP contribution in [0.1, 0.15) is 16.7 Å². The minimum atomic E-state index is 0.333. The van der Waals surface area contributed by atoms with Crippen LogP contribution in [0.25, 0.3) is 66.2 Å². The van der Waals surface area contributed by atoms with Gasteiger partial charge in [0.2, 0.25) is 5.69 Å². The fourth-order valence-corrected chi connectivity index (χ4v) is 7.38. The first-order chi connectivity index (χ1) is 28.6. The third-order valence-corrected chi connectivity index (χ3v) is 10.1. The summed E-state index contributed by atoms with van der Waals surface area (Å²) in [7, 11) is 0. The molecule has 58 heavy (non-hydrogen) atoms. The Morgan fingerprint density at radius 2 is 1.10 bits per heavy atom. The number of rotatable bonds is 7. The molecule has 8 nitrogen and oxygen atoms in total. The first kappa shape index (κ1) is 34.9. The highest BCUT2D eigenvalue weighted by Gasteiger charge is 2.22. The van der Waals surface area contributed by atoms with E-state index in [2.05, 4.69) is 81.1 Å². The van der Waals surface area contributed by atoms with Gasteiger partial charge in [0, 0.05) is 44.5 Å². The molecule has 0 atom stereocenters. The van der Waals surface area contributed by atoms with Crippen molar-refractivity contribution in [1.82, 2.24) is 14.5 Å². The van der Waals surface area contributed by atoms with E-state index in [0.717, 1.165) is 44.4 Å². The Labute approximate surface area is 334 Å². The van der Waals surface area contributed by atoms with E-state index in [4.69, 9.17) is 16.5 Å². The number of fused-ring (bicyclic) bond motifs is 3. The highest BCUT2D eigenvalue weighted by Crippen LogP contribution is 2.42. The summed E-state index contributed by atoms with van der Waals surface area (Å²) in [5, 5.41) is 31.6. The average molecular weight is 741 g/mol. The fraction of sp³-hybridized carbons (Fsp3) is 0. The normalized spacial score (nSPS) is 10.7. The first-order valence-corrected chi connectivity index (χ1v) is 18.4. The van der Waals surface area contributed by atoms with Crippen molar-refractivity contribution in [3.8, 4) is 57.8 Å². The second kappa shape index (κ2) is 14.8. The van der Waals surface area contributed by atoms with Crippen molar-refractivity contribution in [3.63, 3.8) is 0 Å². The average Bonchev–Trinajstić information content (AvgIpc) is 3.62. The Hall–Kier alpha value is -8.82. The number of hydrogen-bond acceptors (Lipinski definition) is 6. The molecule has 0 saturated heterocycles. The summed E-state index contributed by atoms with van der Waals surface area (Å²) >= 11 is 0. The molecule has 9 rings (SSSR count). The van der Waals surface area contributed by atoms with Gasteiger partial charge in [0.05, 0.1) is 69.6 Å². The molecular weight excluding hydrogens is 713 g/mol. The molecule has 268 valence electrons. The maximum absolute atomic E-state index is 10.7. The molecule has 0 saturated carbocycles. The van der Waals surface area contributed by atoms with Crippen molar-refractivity contribution in [2.24, 2.45) is 0 Å². The van der Waals surface area contributed by atoms with Crippen LogP contribution in [-0.4, -0.2) is 14.5 Å². The lowest BCUT2D eigenvalue weighted by Crippen LogP contribution is -2.09. The van der Waals surface area contributed by atoms with E-state index in [0.29, 0.717) is 56.4 Å². The van der Waals surface area contributed by atoms with Gasteiger partial charge in [-0.1, -0.05) is 66.7 Å². The van der Waals surface area contributed by atoms with Gasteiger partial charge >= 0.3 is 0 Å². The smallest absolute Gasteiger partial charge is 0.211 e. The largest absolute Gasteiger partial charge is 0.319 e. The van der Waals surface area contributed by atoms with Gasteiger partial charge in [0.15, 0.2) is 5.82 Å². The molecule has 0 spiro atoms. The van der Waals surface area contributed by atoms with Gasteiger partial charge in [-0.3, -0.25) is 0 Å². The van der Waals surface area contributed by atoms with Gasteiger partial charge < -0.3 is 9.47 Å². The number of anilines is 3. The Kier molecular flexibility index (Phi) is 8.90. The number of para-hydroxylation sites is 3. The van der Waals surface area contributed by atoms with Crippen LogP contribution in [0, 0.1) is 40.6 Å². The molecule has 0 N–H and O–H groups in total. The van der Waals surface area contributed by atoms with Gasteiger partial charge in [-0.15, -0.1) is 0 Å². The highest BCUT2D eigenvalue weighted by molar-refractivity contribution is 6.11. The van der Waals surface area contributed by atoms with E-state index >= 15 is 0 Å². The minimum Gasteiger partial charge on any atom is -0.319 e. The number of hydrogen-bond donors (Lipinski definition) is 0. The van der Waals surface area contributed by atoms with Crippen molar-refractivity contribution < 1.29 is 0 Å². The van der Waals surface area contributed by atoms with Gasteiger partial charge in [-0.2, -0.15) is 15.8 Å². The molecule has 0 bridgehead atoms. The van der Waals surface area contributed by atoms with Crippen molar-refractivity contribution in [3.05, 3.63) is 198 Å². The molecule has 0 fully saturated rings. The van der Waals surface area contributed by atoms with E-state index in [1.165, 1.54) is 0 Å². The monoisotopic (exact) mass is 740 g/mol. The van der Waals surface area contributed by atoms with E-state index in [1.807, 2.05) is 66.7 Å². The molecule has 9 aromatic rings. The zero-order valence-electron chi connectivity index (χ0n) is 30.7. The predicted octanol–water partition coefficient (Wildman–Crippen LogP) is 12.2. The van der Waals surface area contributed by atoms with E-state index in [-0.39, 0.29) is 0 Å². The van der Waals surface area contributed by atoms with Crippen LogP contribution >= 0.6 is 0 Å². The van der Waals surface area contributed by atoms with E-state index in [9.17, 15) is 15.8 Å². The van der Waals surface area contributed by atoms with Crippen molar-refractivity contribution >= 4 is 44.6 Å². The summed E-state index contributed by atoms with van der Waals surface area (Å²) in [6.07, 6.45) is 0. The molecule has 0 amide bonds. The maximum atomic E-state index is 10.7. The van der Waals surface area contributed by atoms with E-state index < -0.39 is 0 Å². The zero-order chi connectivity index (χ0) is 39.6. The standard InChI is InChI=1S/C50H28N8/c1-54-46-28-42(45-29-44(35-20-16-33(30-51)17-21-35)55-50(56-45)36-22-18-34(31-52)19-23-36)37(32-53)26-49(46)58-47-15-9-8-14-41(47)43-27-40(24-25-48(43)58)57(38-10-4-2-5-11-38)39-12-6-3-7-13-39/h2-29H. The minimum absolute atomic E-state index is 0.333. The zero-order valence-corrected chi connectivity index (χ0v) is 30.7. The van der Waals surface area contributed by atoms with Gasteiger partial charge in [-0.05, 0) is 103 Å². The lowest BCUT2D eigenvalue weighted by atomic mass is 10.00. The maximum Gasteiger partial charge on any atom is 0.211 e. The lowest BCUT2D eigenvalue weighted by molar-refractivity contribution is 1.17. The molecule has 0 radical (unpaired) electrons. The Morgan fingerprint density at radius 3 is 1.72 bits per heavy atom. The van der Waals surface area contributed by atoms with E-state index in [1.54, 1.807) is 54.6 Å². The van der Waals surface area contributed by atoms with Crippen LogP contribution in [0.5, 0.6) is 0 Å².